The maximum Gasteiger partial charge on any atom is 0.410 e. The number of benzene rings is 3. The van der Waals surface area contributed by atoms with Crippen LogP contribution in [0.25, 0.3) is 10.8 Å². The van der Waals surface area contributed by atoms with Crippen LogP contribution in [0.4, 0.5) is 16.2 Å². The molecule has 2 aliphatic rings. The Morgan fingerprint density at radius 3 is 2.03 bits per heavy atom. The minimum Gasteiger partial charge on any atom is -0.755 e. The lowest BCUT2D eigenvalue weighted by Gasteiger charge is -2.40. The Morgan fingerprint density at radius 1 is 0.921 bits per heavy atom. The number of nitrogens with zero attached hydrogens (tertiary/aromatic N) is 3. The second kappa shape index (κ2) is 9.85. The van der Waals surface area contributed by atoms with E-state index in [-0.39, 0.29) is 6.04 Å². The van der Waals surface area contributed by atoms with E-state index in [4.69, 9.17) is 4.74 Å². The molecule has 9 nitrogen and oxygen atoms in total. The zero-order valence-corrected chi connectivity index (χ0v) is 22.2. The number of rotatable bonds is 4. The van der Waals surface area contributed by atoms with Crippen LogP contribution in [0.3, 0.4) is 0 Å². The molecular weight excluding hydrogens is 506 g/mol. The number of hydrogen-bond donors (Lipinski definition) is 0. The lowest BCUT2D eigenvalue weighted by molar-refractivity contribution is 0.0207. The summed E-state index contributed by atoms with van der Waals surface area (Å²) in [6.07, 6.45) is 0.449. The molecule has 3 aromatic rings. The molecule has 3 aromatic carbocycles. The molecule has 2 heterocycles. The third-order valence-electron chi connectivity index (χ3n) is 6.76. The van der Waals surface area contributed by atoms with Gasteiger partial charge in [-0.1, -0.05) is 36.4 Å². The number of likely N-dealkylation sites (tertiary alicyclic amines) is 1. The molecule has 0 N–H and O–H groups in total. The predicted molar refractivity (Wildman–Crippen MR) is 144 cm³/mol. The Bertz CT molecular complexity index is 1420. The van der Waals surface area contributed by atoms with Crippen LogP contribution in [0.1, 0.15) is 54.3 Å². The molecule has 0 radical (unpaired) electrons. The first kappa shape index (κ1) is 25.9. The van der Waals surface area contributed by atoms with Crippen LogP contribution in [-0.2, 0) is 16.0 Å². The molecule has 5 rings (SSSR count). The van der Waals surface area contributed by atoms with Gasteiger partial charge in [0.1, 0.15) is 5.60 Å². The fourth-order valence-electron chi connectivity index (χ4n) is 5.07. The van der Waals surface area contributed by atoms with E-state index in [1.54, 1.807) is 86.3 Å². The number of hydrogen-bond acceptors (Lipinski definition) is 6. The largest absolute Gasteiger partial charge is 0.755 e. The van der Waals surface area contributed by atoms with Crippen molar-refractivity contribution in [2.45, 2.75) is 45.3 Å². The lowest BCUT2D eigenvalue weighted by Crippen LogP contribution is -2.48. The Morgan fingerprint density at radius 2 is 1.47 bits per heavy atom. The quantitative estimate of drug-likeness (QED) is 0.356. The van der Waals surface area contributed by atoms with Gasteiger partial charge in [-0.3, -0.25) is 18.1 Å². The molecule has 10 heteroatoms. The van der Waals surface area contributed by atoms with Crippen molar-refractivity contribution >= 4 is 51.3 Å². The highest BCUT2D eigenvalue weighted by atomic mass is 32.2. The molecule has 1 saturated heterocycles. The van der Waals surface area contributed by atoms with Gasteiger partial charge in [0, 0.05) is 41.2 Å². The summed E-state index contributed by atoms with van der Waals surface area (Å²) in [5.41, 5.74) is 0.905. The van der Waals surface area contributed by atoms with Crippen molar-refractivity contribution in [3.8, 4) is 0 Å². The van der Waals surface area contributed by atoms with Gasteiger partial charge in [0.25, 0.3) is 11.8 Å². The highest BCUT2D eigenvalue weighted by Gasteiger charge is 2.38. The van der Waals surface area contributed by atoms with Gasteiger partial charge in [0.05, 0.1) is 22.5 Å². The maximum absolute atomic E-state index is 13.2. The molecule has 198 valence electrons. The highest BCUT2D eigenvalue weighted by molar-refractivity contribution is 7.80. The predicted octanol–water partition coefficient (Wildman–Crippen LogP) is 4.64. The minimum atomic E-state index is -2.60. The van der Waals surface area contributed by atoms with E-state index in [0.29, 0.717) is 59.2 Å². The topological polar surface area (TPSA) is 110 Å². The zero-order valence-electron chi connectivity index (χ0n) is 21.4. The van der Waals surface area contributed by atoms with E-state index in [1.165, 1.54) is 4.31 Å². The van der Waals surface area contributed by atoms with Crippen molar-refractivity contribution in [3.05, 3.63) is 71.8 Å². The van der Waals surface area contributed by atoms with Gasteiger partial charge in [-0.05, 0) is 57.9 Å². The number of fused-ring (bicyclic) bond motifs is 2. The second-order valence-electron chi connectivity index (χ2n) is 10.4. The molecule has 0 saturated carbocycles. The summed E-state index contributed by atoms with van der Waals surface area (Å²) in [7, 11) is 0. The number of anilines is 2. The molecular formula is C28H28N3O6S-. The van der Waals surface area contributed by atoms with Gasteiger partial charge in [-0.25, -0.2) is 9.69 Å². The number of piperidine rings is 1. The van der Waals surface area contributed by atoms with Gasteiger partial charge in [-0.15, -0.1) is 0 Å². The van der Waals surface area contributed by atoms with E-state index < -0.39 is 34.8 Å². The molecule has 0 aliphatic carbocycles. The average molecular weight is 535 g/mol. The van der Waals surface area contributed by atoms with E-state index in [0.717, 1.165) is 4.90 Å². The Balaban J connectivity index is 1.47. The standard InChI is InChI=1S/C28H29N3O6S/c1-28(2,3)37-27(34)29-16-14-18(15-17-29)31(38(35)36)24-13-12-23(19-8-4-5-9-20(19)24)30-25(32)21-10-6-7-11-22(21)26(30)33/h4-13,18H,14-17H2,1-3H3,(H,35,36)/p-1. The number of amides is 3. The number of carbonyl (C=O) groups is 3. The molecule has 0 bridgehead atoms. The van der Waals surface area contributed by atoms with Crippen LogP contribution in [0.5, 0.6) is 0 Å². The van der Waals surface area contributed by atoms with Gasteiger partial charge in [0.2, 0.25) is 0 Å². The zero-order chi connectivity index (χ0) is 27.2. The third-order valence-corrected chi connectivity index (χ3v) is 7.57. The van der Waals surface area contributed by atoms with E-state index >= 15 is 0 Å². The maximum atomic E-state index is 13.2. The molecule has 1 unspecified atom stereocenters. The summed E-state index contributed by atoms with van der Waals surface area (Å²) in [5.74, 6) is -0.829. The van der Waals surface area contributed by atoms with Crippen LogP contribution in [0.15, 0.2) is 60.7 Å². The summed E-state index contributed by atoms with van der Waals surface area (Å²) < 4.78 is 31.9. The molecule has 0 aromatic heterocycles. The van der Waals surface area contributed by atoms with Crippen LogP contribution in [-0.4, -0.2) is 56.3 Å². The van der Waals surface area contributed by atoms with E-state index in [1.807, 2.05) is 0 Å². The van der Waals surface area contributed by atoms with Crippen molar-refractivity contribution in [3.63, 3.8) is 0 Å². The molecule has 1 atom stereocenters. The SMILES string of the molecule is CC(C)(C)OC(=O)N1CCC(N(c2ccc(N3C(=O)c4ccccc4C3=O)c3ccccc23)S(=O)[O-])CC1. The summed E-state index contributed by atoms with van der Waals surface area (Å²) in [6.45, 7) is 6.13. The molecule has 1 fully saturated rings. The van der Waals surface area contributed by atoms with Gasteiger partial charge >= 0.3 is 6.09 Å². The van der Waals surface area contributed by atoms with Crippen molar-refractivity contribution in [1.29, 1.82) is 0 Å². The van der Waals surface area contributed by atoms with Crippen molar-refractivity contribution in [2.24, 2.45) is 0 Å². The summed E-state index contributed by atoms with van der Waals surface area (Å²) >= 11 is -2.60. The van der Waals surface area contributed by atoms with Crippen molar-refractivity contribution in [1.82, 2.24) is 4.90 Å². The van der Waals surface area contributed by atoms with Crippen molar-refractivity contribution < 1.29 is 27.9 Å². The second-order valence-corrected chi connectivity index (χ2v) is 11.2. The summed E-state index contributed by atoms with van der Waals surface area (Å²) in [6, 6.07) is 16.7. The lowest BCUT2D eigenvalue weighted by atomic mass is 10.0. The van der Waals surface area contributed by atoms with Crippen molar-refractivity contribution in [2.75, 3.05) is 22.3 Å². The molecule has 3 amide bonds. The summed E-state index contributed by atoms with van der Waals surface area (Å²) in [4.78, 5) is 41.5. The highest BCUT2D eigenvalue weighted by Crippen LogP contribution is 2.39. The molecule has 38 heavy (non-hydrogen) atoms. The fraction of sp³-hybridized carbons (Fsp3) is 0.321. The summed E-state index contributed by atoms with van der Waals surface area (Å²) in [5, 5.41) is 1.18. The number of carbonyl (C=O) groups excluding carboxylic acids is 3. The van der Waals surface area contributed by atoms with E-state index in [2.05, 4.69) is 0 Å². The monoisotopic (exact) mass is 534 g/mol. The number of ether oxygens (including phenoxy) is 1. The van der Waals surface area contributed by atoms with Gasteiger partial charge < -0.3 is 14.2 Å². The van der Waals surface area contributed by atoms with Gasteiger partial charge in [-0.2, -0.15) is 0 Å². The minimum absolute atomic E-state index is 0.338. The first-order valence-electron chi connectivity index (χ1n) is 12.4. The molecule has 2 aliphatic heterocycles. The Hall–Kier alpha value is -3.76. The first-order chi connectivity index (χ1) is 18.1. The Kier molecular flexibility index (Phi) is 6.70. The normalized spacial score (nSPS) is 17.1. The smallest absolute Gasteiger partial charge is 0.410 e. The first-order valence-corrected chi connectivity index (χ1v) is 13.5. The third kappa shape index (κ3) is 4.65. The Labute approximate surface area is 223 Å². The van der Waals surface area contributed by atoms with Gasteiger partial charge in [0.15, 0.2) is 0 Å². The molecule has 0 spiro atoms. The van der Waals surface area contributed by atoms with Crippen LogP contribution < -0.4 is 9.21 Å². The fourth-order valence-corrected chi connectivity index (χ4v) is 5.84. The van der Waals surface area contributed by atoms with Crippen LogP contribution >= 0.6 is 0 Å². The van der Waals surface area contributed by atoms with Crippen LogP contribution in [0, 0.1) is 0 Å². The number of imide groups is 1. The average Bonchev–Trinajstić information content (AvgIpc) is 3.13. The van der Waals surface area contributed by atoms with E-state index in [9.17, 15) is 23.1 Å². The van der Waals surface area contributed by atoms with Crippen LogP contribution in [0.2, 0.25) is 0 Å².